The van der Waals surface area contributed by atoms with Gasteiger partial charge < -0.3 is 9.88 Å². The fourth-order valence-electron chi connectivity index (χ4n) is 2.78. The van der Waals surface area contributed by atoms with E-state index in [1.54, 1.807) is 23.9 Å². The van der Waals surface area contributed by atoms with Crippen LogP contribution in [0, 0.1) is 6.92 Å². The molecule has 0 unspecified atom stereocenters. The summed E-state index contributed by atoms with van der Waals surface area (Å²) >= 11 is 15.1. The number of halogens is 2. The number of carbonyl (C=O) groups is 1. The number of aryl methyl sites for hydroxylation is 1. The Morgan fingerprint density at radius 3 is 2.74 bits per heavy atom. The fraction of sp³-hybridized carbons (Fsp3) is 0.227. The van der Waals surface area contributed by atoms with Gasteiger partial charge in [-0.3, -0.25) is 4.79 Å². The Balaban J connectivity index is 1.56. The number of rotatable bonds is 10. The molecule has 5 nitrogen and oxygen atoms in total. The Morgan fingerprint density at radius 1 is 1.16 bits per heavy atom. The topological polar surface area (TPSA) is 59.8 Å². The van der Waals surface area contributed by atoms with Crippen LogP contribution < -0.4 is 5.32 Å². The van der Waals surface area contributed by atoms with Crippen LogP contribution in [0.3, 0.4) is 0 Å². The number of anilines is 1. The van der Waals surface area contributed by atoms with Gasteiger partial charge in [0.1, 0.15) is 5.82 Å². The van der Waals surface area contributed by atoms with Gasteiger partial charge in [-0.05, 0) is 42.3 Å². The zero-order valence-corrected chi connectivity index (χ0v) is 20.1. The maximum Gasteiger partial charge on any atom is 0.234 e. The van der Waals surface area contributed by atoms with Crippen molar-refractivity contribution >= 4 is 58.3 Å². The number of allylic oxidation sites excluding steroid dienone is 1. The van der Waals surface area contributed by atoms with Crippen LogP contribution in [-0.2, 0) is 22.8 Å². The molecular formula is C22H22Cl2N4OS2. The highest BCUT2D eigenvalue weighted by molar-refractivity contribution is 7.99. The van der Waals surface area contributed by atoms with Crippen LogP contribution in [0.15, 0.2) is 60.3 Å². The van der Waals surface area contributed by atoms with Crippen molar-refractivity contribution in [3.8, 4) is 0 Å². The number of benzene rings is 2. The molecule has 0 atom stereocenters. The molecule has 0 aliphatic rings. The molecule has 3 aromatic rings. The monoisotopic (exact) mass is 492 g/mol. The summed E-state index contributed by atoms with van der Waals surface area (Å²) in [6, 6.07) is 13.4. The standard InChI is InChI=1S/C22H22Cl2N4OS2/c1-3-9-28-20(13-30-12-16-7-8-18(23)19(24)11-16)26-27-22(28)31-14-21(29)25-17-6-4-5-15(2)10-17/h3-8,10-11H,1,9,12-14H2,2H3,(H,25,29). The van der Waals surface area contributed by atoms with E-state index in [0.29, 0.717) is 27.5 Å². The van der Waals surface area contributed by atoms with Gasteiger partial charge in [0.2, 0.25) is 5.91 Å². The summed E-state index contributed by atoms with van der Waals surface area (Å²) in [7, 11) is 0. The van der Waals surface area contributed by atoms with Gasteiger partial charge >= 0.3 is 0 Å². The molecule has 0 saturated heterocycles. The van der Waals surface area contributed by atoms with E-state index in [2.05, 4.69) is 22.1 Å². The maximum absolute atomic E-state index is 12.3. The van der Waals surface area contributed by atoms with Crippen molar-refractivity contribution in [2.45, 2.75) is 30.1 Å². The summed E-state index contributed by atoms with van der Waals surface area (Å²) in [5, 5.41) is 13.3. The fourth-order valence-corrected chi connectivity index (χ4v) is 4.79. The molecule has 1 N–H and O–H groups in total. The minimum Gasteiger partial charge on any atom is -0.325 e. The molecule has 162 valence electrons. The Kier molecular flexibility index (Phi) is 8.90. The lowest BCUT2D eigenvalue weighted by molar-refractivity contribution is -0.113. The van der Waals surface area contributed by atoms with Crippen molar-refractivity contribution in [1.29, 1.82) is 0 Å². The molecule has 0 aliphatic heterocycles. The minimum atomic E-state index is -0.0840. The lowest BCUT2D eigenvalue weighted by atomic mass is 10.2. The van der Waals surface area contributed by atoms with E-state index in [4.69, 9.17) is 23.2 Å². The van der Waals surface area contributed by atoms with Crippen LogP contribution in [-0.4, -0.2) is 26.4 Å². The van der Waals surface area contributed by atoms with E-state index in [9.17, 15) is 4.79 Å². The van der Waals surface area contributed by atoms with Gasteiger partial charge in [-0.25, -0.2) is 0 Å². The highest BCUT2D eigenvalue weighted by Crippen LogP contribution is 2.26. The number of aromatic nitrogens is 3. The number of carbonyl (C=O) groups excluding carboxylic acids is 1. The highest BCUT2D eigenvalue weighted by atomic mass is 35.5. The molecule has 0 aliphatic carbocycles. The van der Waals surface area contributed by atoms with Gasteiger partial charge in [0.15, 0.2) is 5.16 Å². The Bertz CT molecular complexity index is 1070. The number of nitrogens with zero attached hydrogens (tertiary/aromatic N) is 3. The minimum absolute atomic E-state index is 0.0840. The number of hydrogen-bond donors (Lipinski definition) is 1. The first-order valence-electron chi connectivity index (χ1n) is 9.50. The second-order valence-electron chi connectivity index (χ2n) is 6.75. The molecule has 3 rings (SSSR count). The van der Waals surface area contributed by atoms with Crippen LogP contribution >= 0.6 is 46.7 Å². The normalized spacial score (nSPS) is 10.8. The van der Waals surface area contributed by atoms with Gasteiger partial charge in [-0.15, -0.1) is 28.5 Å². The number of nitrogens with one attached hydrogen (secondary N) is 1. The maximum atomic E-state index is 12.3. The van der Waals surface area contributed by atoms with E-state index in [1.807, 2.05) is 47.9 Å². The number of amides is 1. The summed E-state index contributed by atoms with van der Waals surface area (Å²) in [6.07, 6.45) is 1.80. The summed E-state index contributed by atoms with van der Waals surface area (Å²) < 4.78 is 1.99. The molecule has 0 bridgehead atoms. The number of hydrogen-bond acceptors (Lipinski definition) is 5. The van der Waals surface area contributed by atoms with Crippen molar-refractivity contribution in [3.63, 3.8) is 0 Å². The van der Waals surface area contributed by atoms with Crippen molar-refractivity contribution in [1.82, 2.24) is 14.8 Å². The molecule has 0 saturated carbocycles. The first kappa shape index (κ1) is 23.7. The molecule has 0 spiro atoms. The van der Waals surface area contributed by atoms with Gasteiger partial charge in [0.05, 0.1) is 21.6 Å². The summed E-state index contributed by atoms with van der Waals surface area (Å²) in [5.74, 6) is 2.46. The third-order valence-electron chi connectivity index (χ3n) is 4.22. The molecule has 0 radical (unpaired) electrons. The van der Waals surface area contributed by atoms with Gasteiger partial charge in [-0.1, -0.05) is 59.2 Å². The molecule has 1 aromatic heterocycles. The zero-order valence-electron chi connectivity index (χ0n) is 17.0. The molecule has 1 heterocycles. The first-order valence-corrected chi connectivity index (χ1v) is 12.4. The number of thioether (sulfide) groups is 2. The largest absolute Gasteiger partial charge is 0.325 e. The van der Waals surface area contributed by atoms with Crippen LogP contribution in [0.5, 0.6) is 0 Å². The molecule has 2 aromatic carbocycles. The SMILES string of the molecule is C=CCn1c(CSCc2ccc(Cl)c(Cl)c2)nnc1SCC(=O)Nc1cccc(C)c1. The van der Waals surface area contributed by atoms with E-state index < -0.39 is 0 Å². The zero-order chi connectivity index (χ0) is 22.2. The van der Waals surface area contributed by atoms with Gasteiger partial charge in [-0.2, -0.15) is 0 Å². The predicted molar refractivity (Wildman–Crippen MR) is 132 cm³/mol. The van der Waals surface area contributed by atoms with E-state index in [1.165, 1.54) is 11.8 Å². The third kappa shape index (κ3) is 7.04. The lowest BCUT2D eigenvalue weighted by Gasteiger charge is -2.09. The van der Waals surface area contributed by atoms with Gasteiger partial charge in [0, 0.05) is 18.0 Å². The molecule has 31 heavy (non-hydrogen) atoms. The molecule has 0 fully saturated rings. The van der Waals surface area contributed by atoms with Crippen molar-refractivity contribution in [2.75, 3.05) is 11.1 Å². The quantitative estimate of drug-likeness (QED) is 0.268. The average Bonchev–Trinajstić information content (AvgIpc) is 3.11. The molecule has 9 heteroatoms. The predicted octanol–water partition coefficient (Wildman–Crippen LogP) is 6.24. The average molecular weight is 493 g/mol. The smallest absolute Gasteiger partial charge is 0.234 e. The Hall–Kier alpha value is -1.93. The Labute approximate surface area is 200 Å². The van der Waals surface area contributed by atoms with Crippen LogP contribution in [0.2, 0.25) is 10.0 Å². The Morgan fingerprint density at radius 2 is 2.00 bits per heavy atom. The molecule has 1 amide bonds. The van der Waals surface area contributed by atoms with E-state index >= 15 is 0 Å². The lowest BCUT2D eigenvalue weighted by Crippen LogP contribution is -2.14. The van der Waals surface area contributed by atoms with Crippen molar-refractivity contribution in [3.05, 3.63) is 82.1 Å². The third-order valence-corrected chi connectivity index (χ3v) is 6.93. The first-order chi connectivity index (χ1) is 15.0. The second-order valence-corrected chi connectivity index (χ2v) is 9.49. The van der Waals surface area contributed by atoms with Crippen molar-refractivity contribution in [2.24, 2.45) is 0 Å². The van der Waals surface area contributed by atoms with Crippen LogP contribution in [0.1, 0.15) is 17.0 Å². The molecular weight excluding hydrogens is 471 g/mol. The van der Waals surface area contributed by atoms with Gasteiger partial charge in [0.25, 0.3) is 0 Å². The van der Waals surface area contributed by atoms with E-state index in [0.717, 1.165) is 28.4 Å². The van der Waals surface area contributed by atoms with Crippen LogP contribution in [0.4, 0.5) is 5.69 Å². The summed E-state index contributed by atoms with van der Waals surface area (Å²) in [6.45, 7) is 6.39. The van der Waals surface area contributed by atoms with E-state index in [-0.39, 0.29) is 11.7 Å². The highest BCUT2D eigenvalue weighted by Gasteiger charge is 2.14. The summed E-state index contributed by atoms with van der Waals surface area (Å²) in [5.41, 5.74) is 2.98. The van der Waals surface area contributed by atoms with Crippen molar-refractivity contribution < 1.29 is 4.79 Å². The van der Waals surface area contributed by atoms with Crippen LogP contribution in [0.25, 0.3) is 0 Å². The second kappa shape index (κ2) is 11.6. The summed E-state index contributed by atoms with van der Waals surface area (Å²) in [4.78, 5) is 12.3.